The summed E-state index contributed by atoms with van der Waals surface area (Å²) in [6.45, 7) is 17.6. The van der Waals surface area contributed by atoms with Crippen molar-refractivity contribution >= 4 is 7.12 Å². The van der Waals surface area contributed by atoms with Crippen LogP contribution in [0, 0.1) is 17.8 Å². The first-order valence-electron chi connectivity index (χ1n) is 13.1. The minimum Gasteiger partial charge on any atom is -0.403 e. The minimum atomic E-state index is -0.356. The van der Waals surface area contributed by atoms with Crippen LogP contribution in [0.2, 0.25) is 6.32 Å². The Labute approximate surface area is 206 Å². The highest BCUT2D eigenvalue weighted by Crippen LogP contribution is 2.54. The quantitative estimate of drug-likeness (QED) is 0.199. The van der Waals surface area contributed by atoms with E-state index in [1.54, 1.807) is 0 Å². The molecule has 186 valence electrons. The van der Waals surface area contributed by atoms with E-state index in [-0.39, 0.29) is 29.4 Å². The van der Waals surface area contributed by atoms with Crippen molar-refractivity contribution in [3.63, 3.8) is 0 Å². The van der Waals surface area contributed by atoms with Crippen LogP contribution in [0.15, 0.2) is 35.4 Å². The number of likely N-dealkylation sites (tertiary alicyclic amines) is 1. The van der Waals surface area contributed by atoms with Gasteiger partial charge in [0.2, 0.25) is 0 Å². The molecule has 0 unspecified atom stereocenters. The molecule has 2 saturated heterocycles. The maximum Gasteiger partial charge on any atom is 0.457 e. The number of azide groups is 1. The highest BCUT2D eigenvalue weighted by molar-refractivity contribution is 6.45. The van der Waals surface area contributed by atoms with Gasteiger partial charge in [-0.2, -0.15) is 0 Å². The summed E-state index contributed by atoms with van der Waals surface area (Å²) in [4.78, 5) is 6.05. The summed E-state index contributed by atoms with van der Waals surface area (Å²) in [5.74, 6) is 1.50. The first-order valence-corrected chi connectivity index (χ1v) is 13.1. The molecule has 3 fully saturated rings. The highest BCUT2D eigenvalue weighted by Gasteiger charge is 2.57. The van der Waals surface area contributed by atoms with Gasteiger partial charge in [0.05, 0.1) is 16.7 Å². The molecule has 1 aromatic carbocycles. The van der Waals surface area contributed by atoms with E-state index in [1.807, 2.05) is 0 Å². The molecule has 3 aliphatic rings. The Morgan fingerprint density at radius 1 is 1.09 bits per heavy atom. The molecular formula is C27H43BN4O2. The summed E-state index contributed by atoms with van der Waals surface area (Å²) in [6.07, 6.45) is 4.72. The number of fused-ring (bicyclic) bond motifs is 1. The lowest BCUT2D eigenvalue weighted by atomic mass is 9.73. The van der Waals surface area contributed by atoms with Crippen LogP contribution in [0.4, 0.5) is 0 Å². The van der Waals surface area contributed by atoms with Crippen LogP contribution in [-0.2, 0) is 15.7 Å². The van der Waals surface area contributed by atoms with Gasteiger partial charge in [0.1, 0.15) is 0 Å². The third kappa shape index (κ3) is 4.90. The van der Waals surface area contributed by atoms with Crippen LogP contribution in [0.25, 0.3) is 10.4 Å². The van der Waals surface area contributed by atoms with Crippen molar-refractivity contribution in [3.8, 4) is 0 Å². The fraction of sp³-hybridized carbons (Fsp3) is 0.778. The molecule has 4 rings (SSSR count). The van der Waals surface area contributed by atoms with Gasteiger partial charge < -0.3 is 9.31 Å². The summed E-state index contributed by atoms with van der Waals surface area (Å²) >= 11 is 0. The van der Waals surface area contributed by atoms with E-state index >= 15 is 0 Å². The Kier molecular flexibility index (Phi) is 6.89. The molecule has 0 N–H and O–H groups in total. The van der Waals surface area contributed by atoms with Crippen molar-refractivity contribution < 1.29 is 9.31 Å². The second kappa shape index (κ2) is 9.17. The minimum absolute atomic E-state index is 0.165. The molecule has 2 heterocycles. The predicted octanol–water partition coefficient (Wildman–Crippen LogP) is 6.52. The number of nitrogens with zero attached hydrogens (tertiary/aromatic N) is 4. The SMILES string of the molecule is CC(C)(C)N1C[C@@H]2C[C@@](Cc3ccccc3)(N=[N+]=[N-])[C@@H](CCCB3OC(C)(C)C(C)(C)O3)[C@@H]2C1. The molecule has 1 saturated carbocycles. The number of benzene rings is 1. The van der Waals surface area contributed by atoms with Crippen LogP contribution in [0.1, 0.15) is 73.3 Å². The number of hydrogen-bond donors (Lipinski definition) is 0. The molecule has 1 aliphatic carbocycles. The Morgan fingerprint density at radius 2 is 1.74 bits per heavy atom. The second-order valence-electron chi connectivity index (χ2n) is 12.9. The molecule has 0 spiro atoms. The predicted molar refractivity (Wildman–Crippen MR) is 139 cm³/mol. The van der Waals surface area contributed by atoms with E-state index in [2.05, 4.69) is 93.7 Å². The van der Waals surface area contributed by atoms with Crippen molar-refractivity contribution in [1.82, 2.24) is 4.90 Å². The van der Waals surface area contributed by atoms with Crippen LogP contribution < -0.4 is 0 Å². The second-order valence-corrected chi connectivity index (χ2v) is 12.9. The molecule has 0 bridgehead atoms. The lowest BCUT2D eigenvalue weighted by Gasteiger charge is -2.38. The summed E-state index contributed by atoms with van der Waals surface area (Å²) in [5, 5.41) is 4.60. The molecule has 7 heteroatoms. The third-order valence-electron chi connectivity index (χ3n) is 9.12. The van der Waals surface area contributed by atoms with Gasteiger partial charge in [-0.05, 0) is 103 Å². The Bertz CT molecular complexity index is 893. The van der Waals surface area contributed by atoms with Gasteiger partial charge in [-0.15, -0.1) is 0 Å². The number of hydrogen-bond acceptors (Lipinski definition) is 4. The molecule has 6 nitrogen and oxygen atoms in total. The van der Waals surface area contributed by atoms with Crippen LogP contribution in [-0.4, -0.2) is 47.4 Å². The molecule has 2 aliphatic heterocycles. The maximum absolute atomic E-state index is 9.65. The van der Waals surface area contributed by atoms with Gasteiger partial charge in [-0.25, -0.2) is 0 Å². The third-order valence-corrected chi connectivity index (χ3v) is 9.12. The molecule has 0 radical (unpaired) electrons. The van der Waals surface area contributed by atoms with Crippen LogP contribution in [0.5, 0.6) is 0 Å². The normalized spacial score (nSPS) is 32.6. The van der Waals surface area contributed by atoms with Crippen molar-refractivity contribution in [2.45, 2.75) is 103 Å². The maximum atomic E-state index is 9.65. The van der Waals surface area contributed by atoms with E-state index < -0.39 is 0 Å². The molecule has 0 aromatic heterocycles. The van der Waals surface area contributed by atoms with Crippen molar-refractivity contribution in [1.29, 1.82) is 0 Å². The summed E-state index contributed by atoms with van der Waals surface area (Å²) in [5.41, 5.74) is 10.1. The average Bonchev–Trinajstić information content (AvgIpc) is 3.31. The zero-order chi connectivity index (χ0) is 24.8. The van der Waals surface area contributed by atoms with Gasteiger partial charge in [0.25, 0.3) is 0 Å². The summed E-state index contributed by atoms with van der Waals surface area (Å²) in [7, 11) is -0.167. The van der Waals surface area contributed by atoms with Crippen LogP contribution >= 0.6 is 0 Å². The van der Waals surface area contributed by atoms with E-state index in [4.69, 9.17) is 9.31 Å². The van der Waals surface area contributed by atoms with Gasteiger partial charge in [0.15, 0.2) is 0 Å². The van der Waals surface area contributed by atoms with E-state index in [0.717, 1.165) is 45.1 Å². The van der Waals surface area contributed by atoms with Crippen molar-refractivity contribution in [2.75, 3.05) is 13.1 Å². The largest absolute Gasteiger partial charge is 0.457 e. The number of rotatable bonds is 7. The molecule has 4 atom stereocenters. The van der Waals surface area contributed by atoms with E-state index in [0.29, 0.717) is 17.8 Å². The smallest absolute Gasteiger partial charge is 0.403 e. The fourth-order valence-electron chi connectivity index (χ4n) is 6.58. The molecule has 1 aromatic rings. The molecule has 34 heavy (non-hydrogen) atoms. The Balaban J connectivity index is 1.53. The van der Waals surface area contributed by atoms with Gasteiger partial charge in [0, 0.05) is 23.5 Å². The molecular weight excluding hydrogens is 423 g/mol. The van der Waals surface area contributed by atoms with Gasteiger partial charge in [-0.3, -0.25) is 4.90 Å². The first-order chi connectivity index (χ1) is 15.9. The van der Waals surface area contributed by atoms with Crippen molar-refractivity contribution in [2.24, 2.45) is 22.9 Å². The van der Waals surface area contributed by atoms with Crippen molar-refractivity contribution in [3.05, 3.63) is 46.3 Å². The average molecular weight is 466 g/mol. The highest BCUT2D eigenvalue weighted by atomic mass is 16.7. The summed E-state index contributed by atoms with van der Waals surface area (Å²) < 4.78 is 12.5. The van der Waals surface area contributed by atoms with Crippen LogP contribution in [0.3, 0.4) is 0 Å². The monoisotopic (exact) mass is 466 g/mol. The fourth-order valence-corrected chi connectivity index (χ4v) is 6.58. The zero-order valence-corrected chi connectivity index (χ0v) is 22.3. The molecule has 0 amide bonds. The van der Waals surface area contributed by atoms with E-state index in [9.17, 15) is 5.53 Å². The zero-order valence-electron chi connectivity index (χ0n) is 22.3. The van der Waals surface area contributed by atoms with Gasteiger partial charge in [-0.1, -0.05) is 41.9 Å². The summed E-state index contributed by atoms with van der Waals surface area (Å²) in [6, 6.07) is 10.6. The Hall–Kier alpha value is -1.53. The first kappa shape index (κ1) is 25.6. The lowest BCUT2D eigenvalue weighted by Crippen LogP contribution is -2.43. The van der Waals surface area contributed by atoms with E-state index in [1.165, 1.54) is 5.56 Å². The lowest BCUT2D eigenvalue weighted by molar-refractivity contribution is 0.00578. The van der Waals surface area contributed by atoms with Gasteiger partial charge >= 0.3 is 7.12 Å². The Morgan fingerprint density at radius 3 is 2.32 bits per heavy atom. The topological polar surface area (TPSA) is 70.5 Å². The standard InChI is InChI=1S/C27H43BN4O2/c1-24(2,3)32-18-21-17-27(30-31-29,16-20-12-9-8-10-13-20)23(22(21)19-32)14-11-15-28-33-25(4,5)26(6,7)34-28/h8-10,12-13,21-23H,11,14-19H2,1-7H3/t21-,22+,23-,27+/m0/s1.